The second-order valence-electron chi connectivity index (χ2n) is 6.39. The van der Waals surface area contributed by atoms with E-state index in [0.717, 1.165) is 6.07 Å². The van der Waals surface area contributed by atoms with Gasteiger partial charge in [0.15, 0.2) is 18.2 Å². The lowest BCUT2D eigenvalue weighted by atomic mass is 9.87. The van der Waals surface area contributed by atoms with Crippen LogP contribution in [0.4, 0.5) is 8.78 Å². The Kier molecular flexibility index (Phi) is 6.33. The third-order valence-corrected chi connectivity index (χ3v) is 6.62. The molecular formula is C18H15Cl2F2NO5S. The van der Waals surface area contributed by atoms with E-state index >= 15 is 0 Å². The van der Waals surface area contributed by atoms with Crippen LogP contribution in [-0.2, 0) is 21.2 Å². The first kappa shape index (κ1) is 21.8. The molecule has 0 fully saturated rings. The summed E-state index contributed by atoms with van der Waals surface area (Å²) in [5.41, 5.74) is 0.413. The average Bonchev–Trinajstić information content (AvgIpc) is 2.62. The van der Waals surface area contributed by atoms with E-state index in [9.17, 15) is 22.0 Å². The van der Waals surface area contributed by atoms with Gasteiger partial charge in [0.2, 0.25) is 15.8 Å². The minimum absolute atomic E-state index is 0.0863. The molecule has 2 aromatic rings. The highest BCUT2D eigenvalue weighted by atomic mass is 35.5. The van der Waals surface area contributed by atoms with Gasteiger partial charge < -0.3 is 9.84 Å². The molecule has 0 aliphatic heterocycles. The lowest BCUT2D eigenvalue weighted by Crippen LogP contribution is -2.32. The molecule has 3 rings (SSSR count). The number of sulfonamides is 1. The van der Waals surface area contributed by atoms with E-state index < -0.39 is 46.0 Å². The van der Waals surface area contributed by atoms with Crippen molar-refractivity contribution in [3.63, 3.8) is 0 Å². The van der Waals surface area contributed by atoms with Crippen molar-refractivity contribution in [1.82, 2.24) is 4.72 Å². The fourth-order valence-corrected chi connectivity index (χ4v) is 5.24. The summed E-state index contributed by atoms with van der Waals surface area (Å²) in [4.78, 5) is 10.5. The van der Waals surface area contributed by atoms with Crippen molar-refractivity contribution >= 4 is 39.2 Å². The van der Waals surface area contributed by atoms with E-state index in [0.29, 0.717) is 12.8 Å². The van der Waals surface area contributed by atoms with Crippen LogP contribution in [0.1, 0.15) is 30.0 Å². The van der Waals surface area contributed by atoms with Gasteiger partial charge >= 0.3 is 5.97 Å². The topological polar surface area (TPSA) is 92.7 Å². The van der Waals surface area contributed by atoms with Crippen LogP contribution < -0.4 is 9.46 Å². The third kappa shape index (κ3) is 4.63. The molecule has 1 unspecified atom stereocenters. The molecule has 0 saturated carbocycles. The number of ether oxygens (including phenoxy) is 1. The van der Waals surface area contributed by atoms with Crippen LogP contribution in [0.2, 0.25) is 10.0 Å². The number of aliphatic carboxylic acids is 1. The van der Waals surface area contributed by atoms with Crippen molar-refractivity contribution in [3.8, 4) is 5.75 Å². The van der Waals surface area contributed by atoms with Gasteiger partial charge in [-0.2, -0.15) is 4.39 Å². The molecule has 0 radical (unpaired) electrons. The highest BCUT2D eigenvalue weighted by Crippen LogP contribution is 2.39. The molecular weight excluding hydrogens is 451 g/mol. The summed E-state index contributed by atoms with van der Waals surface area (Å²) in [6, 6.07) is 3.90. The van der Waals surface area contributed by atoms with Gasteiger partial charge in [0.1, 0.15) is 4.90 Å². The summed E-state index contributed by atoms with van der Waals surface area (Å²) in [7, 11) is -4.10. The van der Waals surface area contributed by atoms with Crippen LogP contribution in [0.15, 0.2) is 29.2 Å². The van der Waals surface area contributed by atoms with Gasteiger partial charge in [-0.3, -0.25) is 0 Å². The second-order valence-corrected chi connectivity index (χ2v) is 8.92. The molecule has 0 amide bonds. The number of carbonyl (C=O) groups is 1. The second kappa shape index (κ2) is 8.43. The van der Waals surface area contributed by atoms with Crippen LogP contribution in [-0.4, -0.2) is 26.1 Å². The van der Waals surface area contributed by atoms with Gasteiger partial charge in [-0.05, 0) is 49.1 Å². The van der Waals surface area contributed by atoms with Crippen molar-refractivity contribution < 1.29 is 31.8 Å². The minimum atomic E-state index is -4.10. The number of hydrogen-bond donors (Lipinski definition) is 2. The third-order valence-electron chi connectivity index (χ3n) is 4.43. The zero-order chi connectivity index (χ0) is 21.3. The number of rotatable bonds is 6. The molecule has 1 atom stereocenters. The molecule has 0 bridgehead atoms. The van der Waals surface area contributed by atoms with Gasteiger partial charge in [-0.25, -0.2) is 22.3 Å². The van der Waals surface area contributed by atoms with Crippen molar-refractivity contribution in [3.05, 3.63) is 57.1 Å². The van der Waals surface area contributed by atoms with E-state index in [1.165, 1.54) is 18.2 Å². The van der Waals surface area contributed by atoms with Crippen molar-refractivity contribution in [2.75, 3.05) is 6.61 Å². The smallest absolute Gasteiger partial charge is 0.341 e. The number of hydrogen-bond acceptors (Lipinski definition) is 4. The van der Waals surface area contributed by atoms with Crippen LogP contribution in [0.3, 0.4) is 0 Å². The molecule has 0 spiro atoms. The number of fused-ring (bicyclic) bond motifs is 1. The maximum absolute atomic E-state index is 14.2. The standard InChI is InChI=1S/C18H15Cl2F2NO5S/c19-9-4-5-15(12(20)6-9)29(26,27)23-14-3-1-2-10-11(14)7-13(21)17(22)18(10)28-8-16(24)25/h4-7,14,23H,1-3,8H2,(H,24,25). The Bertz CT molecular complexity index is 1080. The van der Waals surface area contributed by atoms with Crippen LogP contribution in [0.5, 0.6) is 5.75 Å². The van der Waals surface area contributed by atoms with Gasteiger partial charge in [0, 0.05) is 16.6 Å². The quantitative estimate of drug-likeness (QED) is 0.669. The molecule has 6 nitrogen and oxygen atoms in total. The summed E-state index contributed by atoms with van der Waals surface area (Å²) >= 11 is 11.8. The van der Waals surface area contributed by atoms with Crippen LogP contribution >= 0.6 is 23.2 Å². The van der Waals surface area contributed by atoms with E-state index in [1.807, 2.05) is 0 Å². The molecule has 1 aliphatic carbocycles. The molecule has 0 saturated heterocycles. The average molecular weight is 466 g/mol. The number of carboxylic acid groups (broad SMARTS) is 1. The Labute approximate surface area is 175 Å². The van der Waals surface area contributed by atoms with E-state index in [2.05, 4.69) is 4.72 Å². The molecule has 2 N–H and O–H groups in total. The van der Waals surface area contributed by atoms with E-state index in [-0.39, 0.29) is 32.5 Å². The highest BCUT2D eigenvalue weighted by Gasteiger charge is 2.31. The van der Waals surface area contributed by atoms with Gasteiger partial charge in [0.25, 0.3) is 0 Å². The van der Waals surface area contributed by atoms with E-state index in [4.69, 9.17) is 33.0 Å². The summed E-state index contributed by atoms with van der Waals surface area (Å²) in [6.07, 6.45) is 1.05. The van der Waals surface area contributed by atoms with Crippen LogP contribution in [0, 0.1) is 11.6 Å². The highest BCUT2D eigenvalue weighted by molar-refractivity contribution is 7.89. The first-order valence-corrected chi connectivity index (χ1v) is 10.7. The summed E-state index contributed by atoms with van der Waals surface area (Å²) in [5.74, 6) is -4.45. The predicted octanol–water partition coefficient (Wildman–Crippen LogP) is 4.09. The number of nitrogens with one attached hydrogen (secondary N) is 1. The molecule has 29 heavy (non-hydrogen) atoms. The van der Waals surface area contributed by atoms with Gasteiger partial charge in [-0.1, -0.05) is 23.2 Å². The minimum Gasteiger partial charge on any atom is -0.479 e. The number of benzene rings is 2. The largest absolute Gasteiger partial charge is 0.479 e. The Hall–Kier alpha value is -1.94. The lowest BCUT2D eigenvalue weighted by Gasteiger charge is -2.28. The molecule has 1 aliphatic rings. The summed E-state index contributed by atoms with van der Waals surface area (Å²) in [5, 5.41) is 8.93. The molecule has 2 aromatic carbocycles. The van der Waals surface area contributed by atoms with Crippen molar-refractivity contribution in [2.24, 2.45) is 0 Å². The monoisotopic (exact) mass is 465 g/mol. The zero-order valence-corrected chi connectivity index (χ0v) is 17.0. The number of carboxylic acids is 1. The normalized spacial score (nSPS) is 16.3. The SMILES string of the molecule is O=C(O)COc1c(F)c(F)cc2c1CCCC2NS(=O)(=O)c1ccc(Cl)cc1Cl. The Morgan fingerprint density at radius 2 is 2.00 bits per heavy atom. The van der Waals surface area contributed by atoms with Gasteiger partial charge in [0.05, 0.1) is 5.02 Å². The van der Waals surface area contributed by atoms with Crippen LogP contribution in [0.25, 0.3) is 0 Å². The van der Waals surface area contributed by atoms with Crippen molar-refractivity contribution in [1.29, 1.82) is 0 Å². The van der Waals surface area contributed by atoms with Gasteiger partial charge in [-0.15, -0.1) is 0 Å². The maximum atomic E-state index is 14.2. The molecule has 156 valence electrons. The molecule has 0 heterocycles. The first-order valence-electron chi connectivity index (χ1n) is 8.43. The Morgan fingerprint density at radius 1 is 1.28 bits per heavy atom. The maximum Gasteiger partial charge on any atom is 0.341 e. The van der Waals surface area contributed by atoms with E-state index in [1.54, 1.807) is 0 Å². The zero-order valence-electron chi connectivity index (χ0n) is 14.7. The molecule has 0 aromatic heterocycles. The van der Waals surface area contributed by atoms with Crippen molar-refractivity contribution in [2.45, 2.75) is 30.2 Å². The fourth-order valence-electron chi connectivity index (χ4n) is 3.22. The first-order chi connectivity index (χ1) is 13.6. The summed E-state index contributed by atoms with van der Waals surface area (Å²) < 4.78 is 61.3. The Balaban J connectivity index is 1.99. The lowest BCUT2D eigenvalue weighted by molar-refractivity contribution is -0.139. The number of halogens is 4. The predicted molar refractivity (Wildman–Crippen MR) is 102 cm³/mol. The Morgan fingerprint density at radius 3 is 2.66 bits per heavy atom. The molecule has 11 heteroatoms. The summed E-state index contributed by atoms with van der Waals surface area (Å²) in [6.45, 7) is -0.858. The fraction of sp³-hybridized carbons (Fsp3) is 0.278.